The lowest BCUT2D eigenvalue weighted by Crippen LogP contribution is -2.20. The molecule has 1 aliphatic carbocycles. The van der Waals surface area contributed by atoms with Crippen LogP contribution in [0.2, 0.25) is 0 Å². The molecule has 6 heteroatoms. The number of hydrogen-bond donors (Lipinski definition) is 1. The highest BCUT2D eigenvalue weighted by atomic mass is 19.2. The van der Waals surface area contributed by atoms with Crippen LogP contribution in [0.1, 0.15) is 80.3 Å². The third-order valence-corrected chi connectivity index (χ3v) is 6.49. The summed E-state index contributed by atoms with van der Waals surface area (Å²) in [6.45, 7) is 2.85. The predicted octanol–water partition coefficient (Wildman–Crippen LogP) is 6.36. The molecule has 1 saturated carbocycles. The van der Waals surface area contributed by atoms with Crippen molar-refractivity contribution in [2.45, 2.75) is 63.6 Å². The molecule has 1 aliphatic heterocycles. The summed E-state index contributed by atoms with van der Waals surface area (Å²) in [7, 11) is 0. The number of rotatable bonds is 8. The lowest BCUT2D eigenvalue weighted by atomic mass is 9.78. The smallest absolute Gasteiger partial charge is 0.165 e. The van der Waals surface area contributed by atoms with E-state index in [9.17, 15) is 18.3 Å². The maximum Gasteiger partial charge on any atom is 0.165 e. The summed E-state index contributed by atoms with van der Waals surface area (Å²) in [6, 6.07) is 7.94. The first-order valence-corrected chi connectivity index (χ1v) is 11.2. The average molecular weight is 434 g/mol. The fraction of sp³-hybridized carbons (Fsp3) is 0.520. The fourth-order valence-corrected chi connectivity index (χ4v) is 4.52. The highest BCUT2D eigenvalue weighted by Crippen LogP contribution is 2.40. The zero-order valence-electron chi connectivity index (χ0n) is 17.8. The van der Waals surface area contributed by atoms with Crippen LogP contribution < -0.4 is 4.74 Å². The molecule has 2 aromatic carbocycles. The van der Waals surface area contributed by atoms with Gasteiger partial charge in [0.25, 0.3) is 0 Å². The van der Waals surface area contributed by atoms with Gasteiger partial charge in [-0.25, -0.2) is 13.2 Å². The zero-order valence-corrected chi connectivity index (χ0v) is 17.8. The van der Waals surface area contributed by atoms with Crippen molar-refractivity contribution in [3.63, 3.8) is 0 Å². The Morgan fingerprint density at radius 3 is 2.35 bits per heavy atom. The van der Waals surface area contributed by atoms with Crippen LogP contribution in [0.3, 0.4) is 0 Å². The van der Waals surface area contributed by atoms with Crippen molar-refractivity contribution in [1.82, 2.24) is 0 Å². The monoisotopic (exact) mass is 434 g/mol. The van der Waals surface area contributed by atoms with Crippen LogP contribution in [-0.2, 0) is 4.74 Å². The largest absolute Gasteiger partial charge is 0.493 e. The topological polar surface area (TPSA) is 42.0 Å². The summed E-state index contributed by atoms with van der Waals surface area (Å²) in [5.41, 5.74) is 1.05. The molecular formula is C25H29F3O3. The van der Waals surface area contributed by atoms with Gasteiger partial charge in [0.05, 0.1) is 19.3 Å². The number of aliphatic hydroxyl groups is 1. The maximum absolute atomic E-state index is 14.6. The molecule has 0 radical (unpaired) electrons. The minimum atomic E-state index is -0.801. The van der Waals surface area contributed by atoms with Gasteiger partial charge in [-0.05, 0) is 61.6 Å². The number of hydrogen-bond acceptors (Lipinski definition) is 3. The molecule has 2 atom stereocenters. The van der Waals surface area contributed by atoms with Crippen LogP contribution in [-0.4, -0.2) is 18.3 Å². The minimum Gasteiger partial charge on any atom is -0.493 e. The number of ether oxygens (including phenoxy) is 2. The second-order valence-electron chi connectivity index (χ2n) is 8.71. The van der Waals surface area contributed by atoms with Gasteiger partial charge in [-0.3, -0.25) is 0 Å². The quantitative estimate of drug-likeness (QED) is 0.492. The van der Waals surface area contributed by atoms with E-state index < -0.39 is 23.6 Å². The van der Waals surface area contributed by atoms with Crippen LogP contribution in [0, 0.1) is 23.4 Å². The predicted molar refractivity (Wildman–Crippen MR) is 112 cm³/mol. The van der Waals surface area contributed by atoms with Crippen molar-refractivity contribution in [3.05, 3.63) is 64.5 Å². The summed E-state index contributed by atoms with van der Waals surface area (Å²) in [5, 5.41) is 9.99. The van der Waals surface area contributed by atoms with Gasteiger partial charge in [-0.15, -0.1) is 0 Å². The standard InChI is InChI=1S/C25H29F3O3/c1-2-3-22(29)19-9-8-17(12-21(19)26)30-13-15-4-6-16(7-5-15)18-10-11-20(23-14-31-23)25(28)24(18)27/h8-12,15-16,22-23,29H,2-7,13-14H2,1H3. The molecule has 0 bridgehead atoms. The third-order valence-electron chi connectivity index (χ3n) is 6.49. The van der Waals surface area contributed by atoms with E-state index in [0.717, 1.165) is 32.1 Å². The summed E-state index contributed by atoms with van der Waals surface area (Å²) in [6.07, 6.45) is 3.40. The Morgan fingerprint density at radius 2 is 1.71 bits per heavy atom. The first kappa shape index (κ1) is 22.2. The van der Waals surface area contributed by atoms with Crippen LogP contribution in [0.25, 0.3) is 0 Å². The molecule has 0 spiro atoms. The summed E-state index contributed by atoms with van der Waals surface area (Å²) in [5.74, 6) is -1.25. The van der Waals surface area contributed by atoms with E-state index in [-0.39, 0.29) is 17.9 Å². The van der Waals surface area contributed by atoms with Crippen LogP contribution in [0.4, 0.5) is 13.2 Å². The summed E-state index contributed by atoms with van der Waals surface area (Å²) in [4.78, 5) is 0. The molecule has 1 N–H and O–H groups in total. The molecule has 4 rings (SSSR count). The summed E-state index contributed by atoms with van der Waals surface area (Å²) >= 11 is 0. The Bertz CT molecular complexity index is 905. The normalized spacial score (nSPS) is 24.1. The van der Waals surface area contributed by atoms with Gasteiger partial charge in [0.15, 0.2) is 11.6 Å². The van der Waals surface area contributed by atoms with E-state index in [1.54, 1.807) is 24.3 Å². The number of benzene rings is 2. The Balaban J connectivity index is 1.30. The van der Waals surface area contributed by atoms with E-state index in [1.807, 2.05) is 6.92 Å². The van der Waals surface area contributed by atoms with Gasteiger partial charge in [-0.2, -0.15) is 0 Å². The highest BCUT2D eigenvalue weighted by molar-refractivity contribution is 5.32. The third kappa shape index (κ3) is 5.07. The minimum absolute atomic E-state index is 0.00305. The zero-order chi connectivity index (χ0) is 22.0. The molecule has 2 aromatic rings. The van der Waals surface area contributed by atoms with Crippen LogP contribution in [0.15, 0.2) is 30.3 Å². The molecule has 1 heterocycles. The second-order valence-corrected chi connectivity index (χ2v) is 8.71. The van der Waals surface area contributed by atoms with E-state index >= 15 is 0 Å². The average Bonchev–Trinajstić information content (AvgIpc) is 3.60. The van der Waals surface area contributed by atoms with Crippen molar-refractivity contribution in [1.29, 1.82) is 0 Å². The van der Waals surface area contributed by atoms with Crippen molar-refractivity contribution in [2.75, 3.05) is 13.2 Å². The highest BCUT2D eigenvalue weighted by Gasteiger charge is 2.32. The van der Waals surface area contributed by atoms with E-state index in [1.165, 1.54) is 6.07 Å². The summed E-state index contributed by atoms with van der Waals surface area (Å²) < 4.78 is 54.0. The van der Waals surface area contributed by atoms with Gasteiger partial charge >= 0.3 is 0 Å². The number of aliphatic hydroxyl groups excluding tert-OH is 1. The number of halogens is 3. The molecular weight excluding hydrogens is 405 g/mol. The molecule has 168 valence electrons. The molecule has 2 fully saturated rings. The molecule has 1 saturated heterocycles. The van der Waals surface area contributed by atoms with E-state index in [2.05, 4.69) is 0 Å². The van der Waals surface area contributed by atoms with Gasteiger partial charge in [0.2, 0.25) is 0 Å². The van der Waals surface area contributed by atoms with Crippen molar-refractivity contribution < 1.29 is 27.8 Å². The van der Waals surface area contributed by atoms with Crippen molar-refractivity contribution >= 4 is 0 Å². The van der Waals surface area contributed by atoms with Crippen molar-refractivity contribution in [3.8, 4) is 5.75 Å². The maximum atomic E-state index is 14.6. The molecule has 0 amide bonds. The number of epoxide rings is 1. The van der Waals surface area contributed by atoms with Gasteiger partial charge < -0.3 is 14.6 Å². The van der Waals surface area contributed by atoms with Crippen molar-refractivity contribution in [2.24, 2.45) is 5.92 Å². The molecule has 2 unspecified atom stereocenters. The Labute approximate surface area is 181 Å². The Hall–Kier alpha value is -2.05. The molecule has 0 aromatic heterocycles. The fourth-order valence-electron chi connectivity index (χ4n) is 4.52. The molecule has 31 heavy (non-hydrogen) atoms. The van der Waals surface area contributed by atoms with Gasteiger partial charge in [0, 0.05) is 17.2 Å². The lowest BCUT2D eigenvalue weighted by molar-refractivity contribution is 0.161. The van der Waals surface area contributed by atoms with Crippen LogP contribution in [0.5, 0.6) is 5.75 Å². The Morgan fingerprint density at radius 1 is 1.03 bits per heavy atom. The molecule has 3 nitrogen and oxygen atoms in total. The van der Waals surface area contributed by atoms with Gasteiger partial charge in [0.1, 0.15) is 17.7 Å². The van der Waals surface area contributed by atoms with Crippen LogP contribution >= 0.6 is 0 Å². The second kappa shape index (κ2) is 9.61. The Kier molecular flexibility index (Phi) is 6.87. The van der Waals surface area contributed by atoms with E-state index in [4.69, 9.17) is 9.47 Å². The van der Waals surface area contributed by atoms with Gasteiger partial charge in [-0.1, -0.05) is 25.5 Å². The molecule has 2 aliphatic rings. The lowest BCUT2D eigenvalue weighted by Gasteiger charge is -2.29. The first-order valence-electron chi connectivity index (χ1n) is 11.2. The van der Waals surface area contributed by atoms with E-state index in [0.29, 0.717) is 42.1 Å². The SMILES string of the molecule is CCCC(O)c1ccc(OCC2CCC(c3ccc(C4CO4)c(F)c3F)CC2)cc1F. The first-order chi connectivity index (χ1) is 15.0.